The fourth-order valence-corrected chi connectivity index (χ4v) is 1.84. The number of carbonyl (C=O) groups is 1. The second kappa shape index (κ2) is 7.78. The van der Waals surface area contributed by atoms with Gasteiger partial charge in [0.1, 0.15) is 12.0 Å². The predicted molar refractivity (Wildman–Crippen MR) is 79.5 cm³/mol. The Morgan fingerprint density at radius 2 is 2.25 bits per heavy atom. The molecule has 7 nitrogen and oxygen atoms in total. The summed E-state index contributed by atoms with van der Waals surface area (Å²) in [5.41, 5.74) is -0.0860. The van der Waals surface area contributed by atoms with Crippen LogP contribution in [0, 0.1) is 16.0 Å². The average molecular weight is 345 g/mol. The molecule has 1 amide bonds. The van der Waals surface area contributed by atoms with Gasteiger partial charge in [-0.1, -0.05) is 13.8 Å². The first kappa shape index (κ1) is 16.4. The van der Waals surface area contributed by atoms with E-state index in [1.807, 2.05) is 13.8 Å². The van der Waals surface area contributed by atoms with Crippen LogP contribution in [0.15, 0.2) is 16.7 Å². The number of anilines is 1. The minimum Gasteiger partial charge on any atom is -0.369 e. The van der Waals surface area contributed by atoms with Crippen LogP contribution in [0.4, 0.5) is 11.5 Å². The first-order chi connectivity index (χ1) is 9.40. The second-order valence-electron chi connectivity index (χ2n) is 4.66. The highest BCUT2D eigenvalue weighted by Crippen LogP contribution is 2.24. The molecule has 8 heteroatoms. The molecule has 0 radical (unpaired) electrons. The third-order valence-corrected chi connectivity index (χ3v) is 2.99. The van der Waals surface area contributed by atoms with Crippen molar-refractivity contribution >= 4 is 33.3 Å². The second-order valence-corrected chi connectivity index (χ2v) is 5.51. The van der Waals surface area contributed by atoms with Crippen molar-refractivity contribution in [1.82, 2.24) is 10.3 Å². The smallest absolute Gasteiger partial charge is 0.288 e. The lowest BCUT2D eigenvalue weighted by Gasteiger charge is -2.09. The van der Waals surface area contributed by atoms with E-state index in [9.17, 15) is 14.9 Å². The van der Waals surface area contributed by atoms with E-state index in [4.69, 9.17) is 0 Å². The van der Waals surface area contributed by atoms with Crippen molar-refractivity contribution in [3.05, 3.63) is 26.9 Å². The Bertz CT molecular complexity index is 494. The van der Waals surface area contributed by atoms with Gasteiger partial charge >= 0.3 is 0 Å². The Labute approximate surface area is 125 Å². The van der Waals surface area contributed by atoms with Crippen LogP contribution in [0.3, 0.4) is 0 Å². The molecule has 0 atom stereocenters. The van der Waals surface area contributed by atoms with E-state index in [2.05, 4.69) is 31.5 Å². The molecule has 0 unspecified atom stereocenters. The van der Waals surface area contributed by atoms with Crippen LogP contribution in [-0.4, -0.2) is 28.9 Å². The largest absolute Gasteiger partial charge is 0.369 e. The van der Waals surface area contributed by atoms with Gasteiger partial charge in [-0.15, -0.1) is 0 Å². The molecule has 1 aromatic heterocycles. The highest BCUT2D eigenvalue weighted by Gasteiger charge is 2.10. The summed E-state index contributed by atoms with van der Waals surface area (Å²) in [4.78, 5) is 25.5. The van der Waals surface area contributed by atoms with Gasteiger partial charge in [0.25, 0.3) is 5.69 Å². The van der Waals surface area contributed by atoms with Gasteiger partial charge in [-0.3, -0.25) is 14.9 Å². The molecule has 0 fully saturated rings. The van der Waals surface area contributed by atoms with Crippen LogP contribution >= 0.6 is 15.9 Å². The molecule has 2 N–H and O–H groups in total. The van der Waals surface area contributed by atoms with E-state index >= 15 is 0 Å². The summed E-state index contributed by atoms with van der Waals surface area (Å²) in [6.07, 6.45) is 1.49. The number of nitrogens with one attached hydrogen (secondary N) is 2. The van der Waals surface area contributed by atoms with Crippen molar-refractivity contribution in [3.63, 3.8) is 0 Å². The monoisotopic (exact) mass is 344 g/mol. The molecule has 0 bridgehead atoms. The summed E-state index contributed by atoms with van der Waals surface area (Å²) in [6, 6.07) is 1.37. The Balaban J connectivity index is 2.42. The molecule has 0 aliphatic rings. The van der Waals surface area contributed by atoms with E-state index < -0.39 is 4.92 Å². The number of aromatic nitrogens is 1. The molecule has 1 rings (SSSR count). The maximum atomic E-state index is 11.5. The number of carbonyl (C=O) groups excluding carboxylic acids is 1. The molecular weight excluding hydrogens is 328 g/mol. The quantitative estimate of drug-likeness (QED) is 0.584. The van der Waals surface area contributed by atoms with Crippen molar-refractivity contribution in [3.8, 4) is 0 Å². The fraction of sp³-hybridized carbons (Fsp3) is 0.500. The SMILES string of the molecule is CC(C)CNC(=O)CCNc1ncc([N+](=O)[O-])cc1Br. The zero-order valence-corrected chi connectivity index (χ0v) is 12.9. The van der Waals surface area contributed by atoms with Crippen LogP contribution in [0.2, 0.25) is 0 Å². The number of pyridine rings is 1. The summed E-state index contributed by atoms with van der Waals surface area (Å²) >= 11 is 3.20. The summed E-state index contributed by atoms with van der Waals surface area (Å²) in [5.74, 6) is 0.855. The molecule has 0 aromatic carbocycles. The van der Waals surface area contributed by atoms with E-state index in [0.29, 0.717) is 35.7 Å². The number of nitrogens with zero attached hydrogens (tertiary/aromatic N) is 2. The predicted octanol–water partition coefficient (Wildman–Crippen LogP) is 2.33. The highest BCUT2D eigenvalue weighted by atomic mass is 79.9. The summed E-state index contributed by atoms with van der Waals surface area (Å²) in [5, 5.41) is 16.3. The molecule has 0 spiro atoms. The molecule has 0 saturated heterocycles. The van der Waals surface area contributed by atoms with Crippen LogP contribution in [0.25, 0.3) is 0 Å². The van der Waals surface area contributed by atoms with Crippen LogP contribution < -0.4 is 10.6 Å². The van der Waals surface area contributed by atoms with E-state index in [1.165, 1.54) is 12.3 Å². The van der Waals surface area contributed by atoms with Gasteiger partial charge in [-0.25, -0.2) is 4.98 Å². The standard InChI is InChI=1S/C12H17BrN4O3/c1-8(2)6-15-11(18)3-4-14-12-10(13)5-9(7-16-12)17(19)20/h5,7-8H,3-4,6H2,1-2H3,(H,14,16)(H,15,18). The van der Waals surface area contributed by atoms with Gasteiger partial charge < -0.3 is 10.6 Å². The Kier molecular flexibility index (Phi) is 6.37. The molecule has 20 heavy (non-hydrogen) atoms. The van der Waals surface area contributed by atoms with Crippen LogP contribution in [0.1, 0.15) is 20.3 Å². The molecule has 0 saturated carbocycles. The minimum absolute atomic E-state index is 0.0377. The molecular formula is C12H17BrN4O3. The van der Waals surface area contributed by atoms with Crippen molar-refractivity contribution in [2.75, 3.05) is 18.4 Å². The van der Waals surface area contributed by atoms with Crippen LogP contribution in [0.5, 0.6) is 0 Å². The zero-order chi connectivity index (χ0) is 15.1. The topological polar surface area (TPSA) is 97.2 Å². The lowest BCUT2D eigenvalue weighted by Crippen LogP contribution is -2.28. The number of nitro groups is 1. The number of hydrogen-bond donors (Lipinski definition) is 2. The van der Waals surface area contributed by atoms with Gasteiger partial charge in [0.05, 0.1) is 9.40 Å². The van der Waals surface area contributed by atoms with Gasteiger partial charge in [-0.2, -0.15) is 0 Å². The van der Waals surface area contributed by atoms with Gasteiger partial charge in [-0.05, 0) is 21.8 Å². The van der Waals surface area contributed by atoms with Crippen molar-refractivity contribution in [2.24, 2.45) is 5.92 Å². The van der Waals surface area contributed by atoms with Crippen molar-refractivity contribution in [2.45, 2.75) is 20.3 Å². The molecule has 0 aliphatic heterocycles. The van der Waals surface area contributed by atoms with E-state index in [-0.39, 0.29) is 11.6 Å². The zero-order valence-electron chi connectivity index (χ0n) is 11.4. The Morgan fingerprint density at radius 3 is 2.80 bits per heavy atom. The molecule has 1 heterocycles. The maximum absolute atomic E-state index is 11.5. The lowest BCUT2D eigenvalue weighted by atomic mass is 10.2. The van der Waals surface area contributed by atoms with Crippen molar-refractivity contribution < 1.29 is 9.72 Å². The van der Waals surface area contributed by atoms with E-state index in [0.717, 1.165) is 0 Å². The fourth-order valence-electron chi connectivity index (χ4n) is 1.36. The Morgan fingerprint density at radius 1 is 1.55 bits per heavy atom. The van der Waals surface area contributed by atoms with Crippen molar-refractivity contribution in [1.29, 1.82) is 0 Å². The normalized spacial score (nSPS) is 10.4. The number of rotatable bonds is 7. The summed E-state index contributed by atoms with van der Waals surface area (Å²) < 4.78 is 0.495. The van der Waals surface area contributed by atoms with Gasteiger partial charge in [0.15, 0.2) is 0 Å². The minimum atomic E-state index is -0.513. The Hall–Kier alpha value is -1.70. The van der Waals surface area contributed by atoms with E-state index in [1.54, 1.807) is 0 Å². The molecule has 110 valence electrons. The number of amides is 1. The van der Waals surface area contributed by atoms with Gasteiger partial charge in [0, 0.05) is 25.6 Å². The number of hydrogen-bond acceptors (Lipinski definition) is 5. The third-order valence-electron chi connectivity index (χ3n) is 2.39. The third kappa shape index (κ3) is 5.52. The molecule has 0 aliphatic carbocycles. The average Bonchev–Trinajstić information content (AvgIpc) is 2.38. The number of halogens is 1. The first-order valence-corrected chi connectivity index (χ1v) is 7.00. The summed E-state index contributed by atoms with van der Waals surface area (Å²) in [7, 11) is 0. The first-order valence-electron chi connectivity index (χ1n) is 6.20. The maximum Gasteiger partial charge on any atom is 0.288 e. The van der Waals surface area contributed by atoms with Gasteiger partial charge in [0.2, 0.25) is 5.91 Å². The lowest BCUT2D eigenvalue weighted by molar-refractivity contribution is -0.385. The molecule has 1 aromatic rings. The summed E-state index contributed by atoms with van der Waals surface area (Å²) in [6.45, 7) is 5.11. The van der Waals surface area contributed by atoms with Crippen LogP contribution in [-0.2, 0) is 4.79 Å². The highest BCUT2D eigenvalue weighted by molar-refractivity contribution is 9.10.